The molecule has 26 heavy (non-hydrogen) atoms. The average Bonchev–Trinajstić information content (AvgIpc) is 3.07. The first-order valence-corrected chi connectivity index (χ1v) is 9.48. The monoisotopic (exact) mass is 365 g/mol. The zero-order valence-corrected chi connectivity index (χ0v) is 16.3. The molecule has 134 valence electrons. The molecule has 1 atom stereocenters. The van der Waals surface area contributed by atoms with Gasteiger partial charge in [0.05, 0.1) is 17.1 Å². The molecule has 3 aromatic rings. The van der Waals surface area contributed by atoms with Gasteiger partial charge in [-0.2, -0.15) is 0 Å². The number of rotatable bonds is 5. The van der Waals surface area contributed by atoms with Crippen LogP contribution >= 0.6 is 11.8 Å². The summed E-state index contributed by atoms with van der Waals surface area (Å²) in [6.45, 7) is 7.99. The van der Waals surface area contributed by atoms with E-state index in [2.05, 4.69) is 34.3 Å². The largest absolute Gasteiger partial charge is 0.333 e. The second kappa shape index (κ2) is 7.79. The SMILES string of the molecule is Cc1cc(C)c(NC(=O)C(C)Sc2ncc(-c3ccccc3)[nH]2)c(C)c1. The van der Waals surface area contributed by atoms with Crippen LogP contribution in [0.3, 0.4) is 0 Å². The number of H-pyrrole nitrogens is 1. The van der Waals surface area contributed by atoms with Gasteiger partial charge in [0.25, 0.3) is 0 Å². The van der Waals surface area contributed by atoms with E-state index < -0.39 is 0 Å². The van der Waals surface area contributed by atoms with Crippen molar-refractivity contribution >= 4 is 23.4 Å². The molecule has 0 saturated carbocycles. The summed E-state index contributed by atoms with van der Waals surface area (Å²) >= 11 is 1.42. The van der Waals surface area contributed by atoms with Gasteiger partial charge in [0.1, 0.15) is 0 Å². The minimum Gasteiger partial charge on any atom is -0.333 e. The quantitative estimate of drug-likeness (QED) is 0.617. The molecule has 1 heterocycles. The Morgan fingerprint density at radius 1 is 1.12 bits per heavy atom. The molecule has 0 bridgehead atoms. The van der Waals surface area contributed by atoms with Crippen molar-refractivity contribution in [2.24, 2.45) is 0 Å². The van der Waals surface area contributed by atoms with Crippen LogP contribution in [-0.4, -0.2) is 21.1 Å². The topological polar surface area (TPSA) is 57.8 Å². The van der Waals surface area contributed by atoms with Crippen molar-refractivity contribution < 1.29 is 4.79 Å². The van der Waals surface area contributed by atoms with Crippen molar-refractivity contribution in [3.05, 3.63) is 65.4 Å². The van der Waals surface area contributed by atoms with Gasteiger partial charge in [0.2, 0.25) is 5.91 Å². The average molecular weight is 366 g/mol. The number of carbonyl (C=O) groups is 1. The molecule has 4 nitrogen and oxygen atoms in total. The van der Waals surface area contributed by atoms with E-state index in [1.165, 1.54) is 17.3 Å². The van der Waals surface area contributed by atoms with E-state index in [-0.39, 0.29) is 11.2 Å². The van der Waals surface area contributed by atoms with Crippen LogP contribution in [0.25, 0.3) is 11.3 Å². The molecule has 3 rings (SSSR count). The third-order valence-corrected chi connectivity index (χ3v) is 5.22. The second-order valence-corrected chi connectivity index (χ2v) is 7.82. The molecular formula is C21H23N3OS. The molecule has 0 aliphatic heterocycles. The number of nitrogens with one attached hydrogen (secondary N) is 2. The fraction of sp³-hybridized carbons (Fsp3) is 0.238. The highest BCUT2D eigenvalue weighted by atomic mass is 32.2. The molecular weight excluding hydrogens is 342 g/mol. The maximum atomic E-state index is 12.6. The van der Waals surface area contributed by atoms with Gasteiger partial charge in [-0.15, -0.1) is 0 Å². The van der Waals surface area contributed by atoms with Crippen LogP contribution in [0.5, 0.6) is 0 Å². The number of aromatic amines is 1. The molecule has 1 aromatic heterocycles. The Bertz CT molecular complexity index is 895. The van der Waals surface area contributed by atoms with Gasteiger partial charge in [-0.05, 0) is 44.4 Å². The van der Waals surface area contributed by atoms with Gasteiger partial charge in [0, 0.05) is 5.69 Å². The molecule has 1 unspecified atom stereocenters. The first-order chi connectivity index (χ1) is 12.4. The number of thioether (sulfide) groups is 1. The lowest BCUT2D eigenvalue weighted by Crippen LogP contribution is -2.23. The van der Waals surface area contributed by atoms with Gasteiger partial charge in [-0.1, -0.05) is 59.8 Å². The summed E-state index contributed by atoms with van der Waals surface area (Å²) < 4.78 is 0. The number of aryl methyl sites for hydroxylation is 3. The van der Waals surface area contributed by atoms with E-state index in [1.54, 1.807) is 6.20 Å². The number of benzene rings is 2. The summed E-state index contributed by atoms with van der Waals surface area (Å²) in [6, 6.07) is 14.2. The van der Waals surface area contributed by atoms with E-state index in [0.29, 0.717) is 0 Å². The molecule has 0 saturated heterocycles. The minimum atomic E-state index is -0.259. The van der Waals surface area contributed by atoms with Crippen LogP contribution in [0.4, 0.5) is 5.69 Å². The third-order valence-electron chi connectivity index (χ3n) is 4.22. The van der Waals surface area contributed by atoms with Gasteiger partial charge < -0.3 is 10.3 Å². The summed E-state index contributed by atoms with van der Waals surface area (Å²) in [6.07, 6.45) is 1.80. The molecule has 0 aliphatic rings. The summed E-state index contributed by atoms with van der Waals surface area (Å²) in [5.41, 5.74) is 6.29. The lowest BCUT2D eigenvalue weighted by Gasteiger charge is -2.15. The summed E-state index contributed by atoms with van der Waals surface area (Å²) in [5.74, 6) is -0.0253. The molecule has 0 fully saturated rings. The highest BCUT2D eigenvalue weighted by molar-refractivity contribution is 8.00. The van der Waals surface area contributed by atoms with E-state index in [0.717, 1.165) is 33.2 Å². The Morgan fingerprint density at radius 2 is 1.77 bits per heavy atom. The Kier molecular flexibility index (Phi) is 5.47. The number of hydrogen-bond donors (Lipinski definition) is 2. The first kappa shape index (κ1) is 18.3. The zero-order valence-electron chi connectivity index (χ0n) is 15.5. The van der Waals surface area contributed by atoms with E-state index in [9.17, 15) is 4.79 Å². The van der Waals surface area contributed by atoms with Crippen LogP contribution in [0.1, 0.15) is 23.6 Å². The maximum absolute atomic E-state index is 12.6. The Hall–Kier alpha value is -2.53. The van der Waals surface area contributed by atoms with Gasteiger partial charge in [-0.3, -0.25) is 4.79 Å². The first-order valence-electron chi connectivity index (χ1n) is 8.60. The Balaban J connectivity index is 1.68. The fourth-order valence-electron chi connectivity index (χ4n) is 2.95. The standard InChI is InChI=1S/C21H23N3OS/c1-13-10-14(2)19(15(3)11-13)24-20(25)16(4)26-21-22-12-18(23-21)17-8-6-5-7-9-17/h5-12,16H,1-4H3,(H,22,23)(H,24,25). The normalized spacial score (nSPS) is 12.0. The highest BCUT2D eigenvalue weighted by Crippen LogP contribution is 2.27. The molecule has 1 amide bonds. The number of anilines is 1. The van der Waals surface area contributed by atoms with Gasteiger partial charge in [-0.25, -0.2) is 4.98 Å². The van der Waals surface area contributed by atoms with Crippen LogP contribution in [0.15, 0.2) is 53.8 Å². The van der Waals surface area contributed by atoms with Gasteiger partial charge >= 0.3 is 0 Å². The van der Waals surface area contributed by atoms with Crippen LogP contribution in [0.2, 0.25) is 0 Å². The number of amides is 1. The maximum Gasteiger partial charge on any atom is 0.237 e. The number of carbonyl (C=O) groups excluding carboxylic acids is 1. The number of imidazole rings is 1. The lowest BCUT2D eigenvalue weighted by molar-refractivity contribution is -0.115. The molecule has 2 aromatic carbocycles. The number of nitrogens with zero attached hydrogens (tertiary/aromatic N) is 1. The predicted molar refractivity (Wildman–Crippen MR) is 109 cm³/mol. The number of aromatic nitrogens is 2. The molecule has 0 radical (unpaired) electrons. The van der Waals surface area contributed by atoms with Gasteiger partial charge in [0.15, 0.2) is 5.16 Å². The third kappa shape index (κ3) is 4.17. The molecule has 2 N–H and O–H groups in total. The van der Waals surface area contributed by atoms with E-state index in [1.807, 2.05) is 51.1 Å². The Labute approximate surface area is 158 Å². The molecule has 0 aliphatic carbocycles. The number of hydrogen-bond acceptors (Lipinski definition) is 3. The van der Waals surface area contributed by atoms with E-state index in [4.69, 9.17) is 0 Å². The van der Waals surface area contributed by atoms with Crippen molar-refractivity contribution in [1.29, 1.82) is 0 Å². The predicted octanol–water partition coefficient (Wildman–Crippen LogP) is 5.12. The lowest BCUT2D eigenvalue weighted by atomic mass is 10.1. The van der Waals surface area contributed by atoms with E-state index >= 15 is 0 Å². The molecule has 0 spiro atoms. The van der Waals surface area contributed by atoms with Crippen molar-refractivity contribution in [3.8, 4) is 11.3 Å². The van der Waals surface area contributed by atoms with Crippen molar-refractivity contribution in [2.45, 2.75) is 38.1 Å². The minimum absolute atomic E-state index is 0.0253. The summed E-state index contributed by atoms with van der Waals surface area (Å²) in [5, 5.41) is 3.54. The highest BCUT2D eigenvalue weighted by Gasteiger charge is 2.18. The Morgan fingerprint density at radius 3 is 2.42 bits per heavy atom. The summed E-state index contributed by atoms with van der Waals surface area (Å²) in [7, 11) is 0. The van der Waals surface area contributed by atoms with Crippen LogP contribution in [-0.2, 0) is 4.79 Å². The molecule has 5 heteroatoms. The zero-order chi connectivity index (χ0) is 18.7. The van der Waals surface area contributed by atoms with Crippen LogP contribution in [0, 0.1) is 20.8 Å². The van der Waals surface area contributed by atoms with Crippen molar-refractivity contribution in [1.82, 2.24) is 9.97 Å². The fourth-order valence-corrected chi connectivity index (χ4v) is 3.73. The van der Waals surface area contributed by atoms with Crippen molar-refractivity contribution in [2.75, 3.05) is 5.32 Å². The summed E-state index contributed by atoms with van der Waals surface area (Å²) in [4.78, 5) is 20.3. The van der Waals surface area contributed by atoms with Crippen LogP contribution < -0.4 is 5.32 Å². The smallest absolute Gasteiger partial charge is 0.237 e. The second-order valence-electron chi connectivity index (χ2n) is 6.49. The van der Waals surface area contributed by atoms with Crippen molar-refractivity contribution in [3.63, 3.8) is 0 Å².